The van der Waals surface area contributed by atoms with E-state index >= 15 is 0 Å². The number of hydrogen-bond donors (Lipinski definition) is 1. The van der Waals surface area contributed by atoms with E-state index in [0.29, 0.717) is 35.4 Å². The number of hydrogen-bond acceptors (Lipinski definition) is 5. The lowest BCUT2D eigenvalue weighted by Crippen LogP contribution is -2.35. The molecular formula is C20H26N2O4. The van der Waals surface area contributed by atoms with Crippen molar-refractivity contribution < 1.29 is 18.8 Å². The minimum Gasteiger partial charge on any atom is -0.493 e. The molecule has 1 aliphatic carbocycles. The first-order chi connectivity index (χ1) is 12.5. The van der Waals surface area contributed by atoms with E-state index in [0.717, 1.165) is 24.8 Å². The van der Waals surface area contributed by atoms with Crippen LogP contribution in [0.15, 0.2) is 28.8 Å². The first kappa shape index (κ1) is 18.3. The Hall–Kier alpha value is -2.50. The molecule has 0 saturated heterocycles. The van der Waals surface area contributed by atoms with Crippen molar-refractivity contribution in [2.24, 2.45) is 5.92 Å². The van der Waals surface area contributed by atoms with Crippen molar-refractivity contribution in [2.45, 2.75) is 38.5 Å². The van der Waals surface area contributed by atoms with Crippen molar-refractivity contribution in [1.29, 1.82) is 0 Å². The van der Waals surface area contributed by atoms with Crippen LogP contribution >= 0.6 is 0 Å². The minimum atomic E-state index is -0.532. The third kappa shape index (κ3) is 3.54. The number of methoxy groups -OCH3 is 2. The maximum absolute atomic E-state index is 12.6. The lowest BCUT2D eigenvalue weighted by molar-refractivity contribution is -0.123. The second-order valence-electron chi connectivity index (χ2n) is 7.17. The highest BCUT2D eigenvalue weighted by Crippen LogP contribution is 2.48. The van der Waals surface area contributed by atoms with Gasteiger partial charge >= 0.3 is 0 Å². The number of nitrogens with zero attached hydrogens (tertiary/aromatic N) is 1. The Balaban J connectivity index is 1.76. The topological polar surface area (TPSA) is 73.6 Å². The molecular weight excluding hydrogens is 332 g/mol. The van der Waals surface area contributed by atoms with Crippen molar-refractivity contribution in [3.63, 3.8) is 0 Å². The molecule has 0 unspecified atom stereocenters. The van der Waals surface area contributed by atoms with Gasteiger partial charge in [0.15, 0.2) is 17.3 Å². The molecule has 0 aliphatic heterocycles. The van der Waals surface area contributed by atoms with Crippen LogP contribution in [0.2, 0.25) is 0 Å². The van der Waals surface area contributed by atoms with Crippen molar-refractivity contribution in [1.82, 2.24) is 10.5 Å². The van der Waals surface area contributed by atoms with Crippen LogP contribution in [0.1, 0.15) is 38.8 Å². The smallest absolute Gasteiger partial charge is 0.232 e. The van der Waals surface area contributed by atoms with Gasteiger partial charge in [-0.15, -0.1) is 0 Å². The average molecular weight is 358 g/mol. The molecule has 1 saturated carbocycles. The van der Waals surface area contributed by atoms with Crippen LogP contribution in [0.25, 0.3) is 11.3 Å². The molecule has 0 bridgehead atoms. The van der Waals surface area contributed by atoms with E-state index in [2.05, 4.69) is 24.3 Å². The highest BCUT2D eigenvalue weighted by atomic mass is 16.5. The van der Waals surface area contributed by atoms with E-state index in [1.54, 1.807) is 14.2 Å². The molecule has 0 spiro atoms. The summed E-state index contributed by atoms with van der Waals surface area (Å²) >= 11 is 0. The van der Waals surface area contributed by atoms with Gasteiger partial charge in [0.05, 0.1) is 25.3 Å². The van der Waals surface area contributed by atoms with Gasteiger partial charge in [0, 0.05) is 18.2 Å². The van der Waals surface area contributed by atoms with Gasteiger partial charge in [-0.2, -0.15) is 0 Å². The average Bonchev–Trinajstić information content (AvgIpc) is 3.30. The highest BCUT2D eigenvalue weighted by molar-refractivity contribution is 5.91. The first-order valence-corrected chi connectivity index (χ1v) is 8.98. The summed E-state index contributed by atoms with van der Waals surface area (Å²) in [6, 6.07) is 7.40. The molecule has 1 aromatic carbocycles. The number of amides is 1. The Morgan fingerprint density at radius 2 is 1.96 bits per heavy atom. The maximum atomic E-state index is 12.6. The lowest BCUT2D eigenvalue weighted by atomic mass is 10.00. The van der Waals surface area contributed by atoms with E-state index in [9.17, 15) is 4.79 Å². The summed E-state index contributed by atoms with van der Waals surface area (Å²) in [5.41, 5.74) is 0.997. The van der Waals surface area contributed by atoms with Gasteiger partial charge in [-0.1, -0.05) is 19.0 Å². The second-order valence-corrected chi connectivity index (χ2v) is 7.17. The van der Waals surface area contributed by atoms with E-state index < -0.39 is 5.41 Å². The summed E-state index contributed by atoms with van der Waals surface area (Å²) in [4.78, 5) is 12.6. The number of aromatic nitrogens is 1. The third-order valence-corrected chi connectivity index (χ3v) is 4.86. The van der Waals surface area contributed by atoms with Crippen molar-refractivity contribution >= 4 is 5.91 Å². The summed E-state index contributed by atoms with van der Waals surface area (Å²) in [6.07, 6.45) is 2.58. The van der Waals surface area contributed by atoms with Crippen LogP contribution in [0, 0.1) is 5.92 Å². The molecule has 6 heteroatoms. The van der Waals surface area contributed by atoms with Crippen molar-refractivity contribution in [3.05, 3.63) is 30.0 Å². The summed E-state index contributed by atoms with van der Waals surface area (Å²) in [6.45, 7) is 4.98. The van der Waals surface area contributed by atoms with Crippen molar-refractivity contribution in [3.8, 4) is 22.8 Å². The molecule has 1 aliphatic rings. The molecule has 3 rings (SSSR count). The largest absolute Gasteiger partial charge is 0.493 e. The van der Waals surface area contributed by atoms with Gasteiger partial charge in [-0.05, 0) is 43.4 Å². The van der Waals surface area contributed by atoms with E-state index in [-0.39, 0.29) is 5.91 Å². The van der Waals surface area contributed by atoms with Gasteiger partial charge in [0.1, 0.15) is 0 Å². The number of ether oxygens (including phenoxy) is 2. The fourth-order valence-electron chi connectivity index (χ4n) is 2.99. The zero-order valence-corrected chi connectivity index (χ0v) is 15.8. The van der Waals surface area contributed by atoms with Gasteiger partial charge in [-0.25, -0.2) is 0 Å². The minimum absolute atomic E-state index is 0.0466. The van der Waals surface area contributed by atoms with Crippen molar-refractivity contribution in [2.75, 3.05) is 20.8 Å². The van der Waals surface area contributed by atoms with E-state index in [1.165, 1.54) is 0 Å². The Bertz CT molecular complexity index is 778. The number of nitrogens with one attached hydrogen (secondary N) is 1. The summed E-state index contributed by atoms with van der Waals surface area (Å²) in [7, 11) is 3.19. The van der Waals surface area contributed by atoms with Crippen LogP contribution in [-0.2, 0) is 10.2 Å². The fraction of sp³-hybridized carbons (Fsp3) is 0.500. The summed E-state index contributed by atoms with van der Waals surface area (Å²) in [5.74, 6) is 2.50. The SMILES string of the molecule is COc1ccc(-c2cc(C3(C(=O)NCCC(C)C)CC3)no2)cc1OC. The van der Waals surface area contributed by atoms with Crippen LogP contribution in [0.3, 0.4) is 0 Å². The molecule has 26 heavy (non-hydrogen) atoms. The Labute approximate surface area is 153 Å². The van der Waals surface area contributed by atoms with Crippen LogP contribution < -0.4 is 14.8 Å². The molecule has 1 N–H and O–H groups in total. The Morgan fingerprint density at radius 1 is 1.23 bits per heavy atom. The molecule has 1 amide bonds. The zero-order chi connectivity index (χ0) is 18.7. The molecule has 0 atom stereocenters. The molecule has 1 heterocycles. The lowest BCUT2D eigenvalue weighted by Gasteiger charge is -2.13. The first-order valence-electron chi connectivity index (χ1n) is 8.98. The molecule has 0 radical (unpaired) electrons. The predicted octanol–water partition coefficient (Wildman–Crippen LogP) is 3.55. The van der Waals surface area contributed by atoms with E-state index in [4.69, 9.17) is 14.0 Å². The van der Waals surface area contributed by atoms with Crippen LogP contribution in [0.4, 0.5) is 0 Å². The van der Waals surface area contributed by atoms with Gasteiger partial charge in [0.2, 0.25) is 5.91 Å². The number of carbonyl (C=O) groups is 1. The number of carbonyl (C=O) groups excluding carboxylic acids is 1. The monoisotopic (exact) mass is 358 g/mol. The number of rotatable bonds is 8. The molecule has 1 fully saturated rings. The highest BCUT2D eigenvalue weighted by Gasteiger charge is 2.53. The van der Waals surface area contributed by atoms with E-state index in [1.807, 2.05) is 24.3 Å². The third-order valence-electron chi connectivity index (χ3n) is 4.86. The van der Waals surface area contributed by atoms with Gasteiger partial charge in [0.25, 0.3) is 0 Å². The zero-order valence-electron chi connectivity index (χ0n) is 15.8. The molecule has 6 nitrogen and oxygen atoms in total. The summed E-state index contributed by atoms with van der Waals surface area (Å²) in [5, 5.41) is 7.22. The van der Waals surface area contributed by atoms with Gasteiger partial charge in [-0.3, -0.25) is 4.79 Å². The normalized spacial score (nSPS) is 15.0. The standard InChI is InChI=1S/C20H26N2O4/c1-13(2)7-10-21-19(23)20(8-9-20)18-12-16(26-22-18)14-5-6-15(24-3)17(11-14)25-4/h5-6,11-13H,7-10H2,1-4H3,(H,21,23). The maximum Gasteiger partial charge on any atom is 0.232 e. The second kappa shape index (κ2) is 7.40. The number of benzene rings is 1. The Morgan fingerprint density at radius 3 is 2.58 bits per heavy atom. The predicted molar refractivity (Wildman–Crippen MR) is 98.4 cm³/mol. The molecule has 140 valence electrons. The fourth-order valence-corrected chi connectivity index (χ4v) is 2.99. The molecule has 2 aromatic rings. The van der Waals surface area contributed by atoms with Gasteiger partial charge < -0.3 is 19.3 Å². The Kier molecular flexibility index (Phi) is 5.20. The van der Waals surface area contributed by atoms with Crippen LogP contribution in [0.5, 0.6) is 11.5 Å². The molecule has 1 aromatic heterocycles. The quantitative estimate of drug-likeness (QED) is 0.781. The summed E-state index contributed by atoms with van der Waals surface area (Å²) < 4.78 is 16.1. The van der Waals surface area contributed by atoms with Crippen LogP contribution in [-0.4, -0.2) is 31.8 Å².